The van der Waals surface area contributed by atoms with Crippen LogP contribution in [0.15, 0.2) is 23.9 Å². The van der Waals surface area contributed by atoms with Crippen molar-refractivity contribution in [2.45, 2.75) is 0 Å². The number of halogens is 1. The molecule has 0 atom stereocenters. The maximum absolute atomic E-state index is 12.7. The highest BCUT2D eigenvalue weighted by Gasteiger charge is 2.22. The van der Waals surface area contributed by atoms with Gasteiger partial charge in [0.15, 0.2) is 27.1 Å². The fourth-order valence-electron chi connectivity index (χ4n) is 2.98. The van der Waals surface area contributed by atoms with E-state index in [2.05, 4.69) is 30.9 Å². The van der Waals surface area contributed by atoms with Gasteiger partial charge < -0.3 is 4.98 Å². The van der Waals surface area contributed by atoms with Crippen molar-refractivity contribution in [3.63, 3.8) is 0 Å². The fourth-order valence-corrected chi connectivity index (χ4v) is 3.50. The van der Waals surface area contributed by atoms with Gasteiger partial charge in [0, 0.05) is 28.2 Å². The van der Waals surface area contributed by atoms with E-state index >= 15 is 0 Å². The third-order valence-corrected chi connectivity index (χ3v) is 5.04. The van der Waals surface area contributed by atoms with Crippen molar-refractivity contribution >= 4 is 38.3 Å². The van der Waals surface area contributed by atoms with Crippen LogP contribution >= 0.6 is 15.9 Å². The van der Waals surface area contributed by atoms with E-state index in [4.69, 9.17) is 0 Å². The minimum atomic E-state index is -0.575. The summed E-state index contributed by atoms with van der Waals surface area (Å²) in [6.45, 7) is 0. The lowest BCUT2D eigenvalue weighted by Gasteiger charge is -2.04. The molecule has 0 saturated carbocycles. The molecule has 0 aromatic carbocycles. The minimum absolute atomic E-state index is 0.0901. The largest absolute Gasteiger partial charge is 0.332 e. The van der Waals surface area contributed by atoms with Crippen molar-refractivity contribution in [3.05, 3.63) is 46.4 Å². The summed E-state index contributed by atoms with van der Waals surface area (Å²) in [4.78, 5) is 60.7. The number of nitrogens with zero attached hydrogens (tertiary/aromatic N) is 7. The number of hydrogen-bond acceptors (Lipinski definition) is 6. The molecule has 4 heterocycles. The highest BCUT2D eigenvalue weighted by Crippen LogP contribution is 2.21. The molecule has 27 heavy (non-hydrogen) atoms. The smallest absolute Gasteiger partial charge is 0.317 e. The molecule has 4 aromatic heterocycles. The minimum Gasteiger partial charge on any atom is -0.317 e. The molecule has 0 saturated heterocycles. The monoisotopic (exact) mass is 436 g/mol. The van der Waals surface area contributed by atoms with Crippen LogP contribution in [-0.2, 0) is 28.2 Å². The molecule has 140 valence electrons. The van der Waals surface area contributed by atoms with Crippen LogP contribution in [0.1, 0.15) is 0 Å². The number of imidazole rings is 2. The van der Waals surface area contributed by atoms with Crippen LogP contribution in [-0.4, -0.2) is 37.8 Å². The molecule has 0 bridgehead atoms. The van der Waals surface area contributed by atoms with Gasteiger partial charge in [-0.3, -0.25) is 27.9 Å². The van der Waals surface area contributed by atoms with Crippen molar-refractivity contribution in [3.8, 4) is 5.95 Å². The van der Waals surface area contributed by atoms with E-state index in [1.54, 1.807) is 0 Å². The first kappa shape index (κ1) is 17.2. The van der Waals surface area contributed by atoms with Crippen LogP contribution in [0.3, 0.4) is 0 Å². The number of fused-ring (bicyclic) bond motifs is 2. The second kappa shape index (κ2) is 5.39. The first-order valence-electron chi connectivity index (χ1n) is 7.65. The van der Waals surface area contributed by atoms with Gasteiger partial charge in [0.1, 0.15) is 0 Å². The molecule has 0 aliphatic carbocycles. The lowest BCUT2D eigenvalue weighted by Crippen LogP contribution is -2.37. The van der Waals surface area contributed by atoms with Crippen molar-refractivity contribution in [2.75, 3.05) is 0 Å². The molecular weight excluding hydrogens is 424 g/mol. The number of hydrogen-bond donors (Lipinski definition) is 1. The summed E-state index contributed by atoms with van der Waals surface area (Å²) in [5.41, 5.74) is -1.70. The van der Waals surface area contributed by atoms with Gasteiger partial charge in [-0.25, -0.2) is 19.1 Å². The summed E-state index contributed by atoms with van der Waals surface area (Å²) in [5, 5.41) is 0. The van der Waals surface area contributed by atoms with Gasteiger partial charge in [-0.15, -0.1) is 0 Å². The number of aryl methyl sites for hydroxylation is 2. The standard InChI is InChI=1S/C14H13BrN8O4/c1-19-7-5(9(24)21(3)13(19)26)16-12(18-7)23-6-8(17-11(23)15)20(2)14(27)22(4)10(6)25/h1-4H3,(H,16,18). The van der Waals surface area contributed by atoms with Crippen LogP contribution in [0.5, 0.6) is 0 Å². The molecule has 0 unspecified atom stereocenters. The van der Waals surface area contributed by atoms with Gasteiger partial charge >= 0.3 is 11.4 Å². The van der Waals surface area contributed by atoms with E-state index in [0.717, 1.165) is 9.13 Å². The first-order chi connectivity index (χ1) is 12.6. The Hall–Kier alpha value is -3.22. The average Bonchev–Trinajstić information content (AvgIpc) is 3.22. The molecule has 0 aliphatic rings. The van der Waals surface area contributed by atoms with Gasteiger partial charge in [-0.2, -0.15) is 4.98 Å². The van der Waals surface area contributed by atoms with Crippen LogP contribution < -0.4 is 22.5 Å². The summed E-state index contributed by atoms with van der Waals surface area (Å²) < 4.78 is 5.91. The maximum atomic E-state index is 12.7. The first-order valence-corrected chi connectivity index (χ1v) is 8.44. The summed E-state index contributed by atoms with van der Waals surface area (Å²) in [6, 6.07) is 0. The molecule has 0 aliphatic heterocycles. The fraction of sp³-hybridized carbons (Fsp3) is 0.286. The highest BCUT2D eigenvalue weighted by molar-refractivity contribution is 9.10. The molecule has 0 amide bonds. The second-order valence-corrected chi connectivity index (χ2v) is 6.77. The number of aromatic amines is 1. The Labute approximate surface area is 157 Å². The predicted molar refractivity (Wildman–Crippen MR) is 99.4 cm³/mol. The second-order valence-electron chi connectivity index (χ2n) is 6.06. The Morgan fingerprint density at radius 2 is 1.33 bits per heavy atom. The van der Waals surface area contributed by atoms with Gasteiger partial charge in [0.2, 0.25) is 5.95 Å². The van der Waals surface area contributed by atoms with Crippen molar-refractivity contribution in [2.24, 2.45) is 28.2 Å². The number of H-pyrrole nitrogens is 1. The van der Waals surface area contributed by atoms with E-state index in [1.165, 1.54) is 41.9 Å². The summed E-state index contributed by atoms with van der Waals surface area (Å²) in [5.74, 6) is 0.105. The Morgan fingerprint density at radius 3 is 1.96 bits per heavy atom. The molecule has 0 spiro atoms. The van der Waals surface area contributed by atoms with Crippen molar-refractivity contribution in [1.82, 2.24) is 37.8 Å². The van der Waals surface area contributed by atoms with Gasteiger partial charge in [-0.05, 0) is 15.9 Å². The molecule has 0 fully saturated rings. The zero-order valence-corrected chi connectivity index (χ0v) is 16.2. The van der Waals surface area contributed by atoms with E-state index < -0.39 is 22.5 Å². The normalized spacial score (nSPS) is 11.7. The van der Waals surface area contributed by atoms with E-state index in [-0.39, 0.29) is 33.0 Å². The van der Waals surface area contributed by atoms with Gasteiger partial charge in [0.25, 0.3) is 11.1 Å². The molecule has 0 radical (unpaired) electrons. The molecule has 4 rings (SSSR count). The van der Waals surface area contributed by atoms with E-state index in [9.17, 15) is 19.2 Å². The van der Waals surface area contributed by atoms with Crippen LogP contribution in [0.4, 0.5) is 0 Å². The summed E-state index contributed by atoms with van der Waals surface area (Å²) >= 11 is 3.26. The molecule has 4 aromatic rings. The van der Waals surface area contributed by atoms with Gasteiger partial charge in [0.05, 0.1) is 0 Å². The van der Waals surface area contributed by atoms with E-state index in [0.29, 0.717) is 0 Å². The molecular formula is C14H13BrN8O4. The van der Waals surface area contributed by atoms with Crippen molar-refractivity contribution in [1.29, 1.82) is 0 Å². The molecule has 13 heteroatoms. The Balaban J connectivity index is 2.21. The number of nitrogens with one attached hydrogen (secondary N) is 1. The number of rotatable bonds is 1. The van der Waals surface area contributed by atoms with Gasteiger partial charge in [-0.1, -0.05) is 0 Å². The summed E-state index contributed by atoms with van der Waals surface area (Å²) in [7, 11) is 5.69. The molecule has 1 N–H and O–H groups in total. The van der Waals surface area contributed by atoms with Crippen LogP contribution in [0, 0.1) is 0 Å². The number of aromatic nitrogens is 8. The van der Waals surface area contributed by atoms with Crippen LogP contribution in [0.25, 0.3) is 28.3 Å². The lowest BCUT2D eigenvalue weighted by molar-refractivity contribution is 0.706. The highest BCUT2D eigenvalue weighted by atomic mass is 79.9. The third kappa shape index (κ3) is 2.08. The summed E-state index contributed by atoms with van der Waals surface area (Å²) in [6.07, 6.45) is 0. The predicted octanol–water partition coefficient (Wildman–Crippen LogP) is -1.54. The third-order valence-electron chi connectivity index (χ3n) is 4.51. The SMILES string of the molecule is Cn1c(=O)c2[nH]c(-n3c(Br)nc4c3c(=O)n(C)c(=O)n4C)nc2n(C)c1=O. The van der Waals surface area contributed by atoms with Crippen molar-refractivity contribution < 1.29 is 0 Å². The topological polar surface area (TPSA) is 134 Å². The lowest BCUT2D eigenvalue weighted by atomic mass is 10.5. The quantitative estimate of drug-likeness (QED) is 0.359. The van der Waals surface area contributed by atoms with E-state index in [1.807, 2.05) is 0 Å². The zero-order valence-electron chi connectivity index (χ0n) is 14.6. The average molecular weight is 437 g/mol. The Morgan fingerprint density at radius 1 is 0.778 bits per heavy atom. The zero-order chi connectivity index (χ0) is 19.8. The van der Waals surface area contributed by atoms with Crippen LogP contribution in [0.2, 0.25) is 0 Å². The maximum Gasteiger partial charge on any atom is 0.332 e. The molecule has 12 nitrogen and oxygen atoms in total. The Bertz CT molecular complexity index is 1510. The Kier molecular flexibility index (Phi) is 3.43.